The first-order chi connectivity index (χ1) is 8.56. The second-order valence-electron chi connectivity index (χ2n) is 4.54. The lowest BCUT2D eigenvalue weighted by Crippen LogP contribution is -2.19. The molecule has 0 heterocycles. The molecule has 0 saturated carbocycles. The zero-order valence-electron chi connectivity index (χ0n) is 11.1. The molecule has 0 aliphatic heterocycles. The molecule has 102 valence electrons. The molecular weight excluding hydrogens is 236 g/mol. The van der Waals surface area contributed by atoms with Gasteiger partial charge in [-0.2, -0.15) is 8.78 Å². The summed E-state index contributed by atoms with van der Waals surface area (Å²) in [6.45, 7) is 1.56. The van der Waals surface area contributed by atoms with Crippen LogP contribution >= 0.6 is 0 Å². The van der Waals surface area contributed by atoms with Crippen molar-refractivity contribution in [3.05, 3.63) is 29.8 Å². The molecule has 0 aliphatic rings. The van der Waals surface area contributed by atoms with Gasteiger partial charge in [-0.05, 0) is 37.1 Å². The largest absolute Gasteiger partial charge is 0.435 e. The van der Waals surface area contributed by atoms with Crippen LogP contribution in [0.1, 0.15) is 38.3 Å². The van der Waals surface area contributed by atoms with E-state index in [-0.39, 0.29) is 11.8 Å². The Hall–Kier alpha value is -1.16. The van der Waals surface area contributed by atoms with E-state index in [0.717, 1.165) is 18.4 Å². The Balaban J connectivity index is 2.79. The Bertz CT molecular complexity index is 357. The summed E-state index contributed by atoms with van der Waals surface area (Å²) in [6, 6.07) is 7.07. The molecule has 1 rings (SSSR count). The van der Waals surface area contributed by atoms with Gasteiger partial charge in [-0.3, -0.25) is 0 Å². The average molecular weight is 257 g/mol. The average Bonchev–Trinajstić information content (AvgIpc) is 2.35. The number of rotatable bonds is 7. The maximum absolute atomic E-state index is 12.2. The molecule has 0 amide bonds. The lowest BCUT2D eigenvalue weighted by atomic mass is 9.94. The summed E-state index contributed by atoms with van der Waals surface area (Å²) < 4.78 is 28.7. The van der Waals surface area contributed by atoms with E-state index in [1.54, 1.807) is 18.2 Å². The van der Waals surface area contributed by atoms with Crippen LogP contribution in [0.3, 0.4) is 0 Å². The summed E-state index contributed by atoms with van der Waals surface area (Å²) >= 11 is 0. The van der Waals surface area contributed by atoms with Gasteiger partial charge in [0, 0.05) is 6.04 Å². The van der Waals surface area contributed by atoms with E-state index in [9.17, 15) is 8.78 Å². The van der Waals surface area contributed by atoms with Crippen LogP contribution in [0, 0.1) is 5.92 Å². The van der Waals surface area contributed by atoms with Gasteiger partial charge >= 0.3 is 6.61 Å². The van der Waals surface area contributed by atoms with Crippen LogP contribution in [-0.4, -0.2) is 13.7 Å². The number of hydrogen-bond donors (Lipinski definition) is 1. The SMILES string of the molecule is CCC(C)CC(NC)c1cccc(OC(F)F)c1. The van der Waals surface area contributed by atoms with E-state index in [1.807, 2.05) is 13.1 Å². The number of alkyl halides is 2. The van der Waals surface area contributed by atoms with Crippen molar-refractivity contribution in [2.45, 2.75) is 39.3 Å². The molecule has 0 fully saturated rings. The molecule has 4 heteroatoms. The van der Waals surface area contributed by atoms with Crippen molar-refractivity contribution in [3.8, 4) is 5.75 Å². The molecule has 1 aromatic carbocycles. The fraction of sp³-hybridized carbons (Fsp3) is 0.571. The molecular formula is C14H21F2NO. The summed E-state index contributed by atoms with van der Waals surface area (Å²) in [5, 5.41) is 3.22. The van der Waals surface area contributed by atoms with E-state index < -0.39 is 6.61 Å². The normalized spacial score (nSPS) is 14.6. The zero-order valence-corrected chi connectivity index (χ0v) is 11.1. The van der Waals surface area contributed by atoms with Gasteiger partial charge in [0.05, 0.1) is 0 Å². The number of nitrogens with one attached hydrogen (secondary N) is 1. The highest BCUT2D eigenvalue weighted by atomic mass is 19.3. The first kappa shape index (κ1) is 14.9. The standard InChI is InChI=1S/C14H21F2NO/c1-4-10(2)8-13(17-3)11-6-5-7-12(9-11)18-14(15)16/h5-7,9-10,13-14,17H,4,8H2,1-3H3. The van der Waals surface area contributed by atoms with E-state index in [2.05, 4.69) is 23.9 Å². The molecule has 0 spiro atoms. The van der Waals surface area contributed by atoms with Gasteiger partial charge in [0.2, 0.25) is 0 Å². The predicted molar refractivity (Wildman–Crippen MR) is 68.9 cm³/mol. The molecule has 0 aliphatic carbocycles. The minimum absolute atomic E-state index is 0.168. The quantitative estimate of drug-likeness (QED) is 0.797. The van der Waals surface area contributed by atoms with E-state index in [4.69, 9.17) is 0 Å². The molecule has 2 unspecified atom stereocenters. The third kappa shape index (κ3) is 4.61. The van der Waals surface area contributed by atoms with Crippen molar-refractivity contribution in [2.75, 3.05) is 7.05 Å². The highest BCUT2D eigenvalue weighted by Crippen LogP contribution is 2.26. The minimum atomic E-state index is -2.78. The first-order valence-electron chi connectivity index (χ1n) is 6.28. The van der Waals surface area contributed by atoms with Gasteiger partial charge in [-0.25, -0.2) is 0 Å². The molecule has 1 aromatic rings. The summed E-state index contributed by atoms with van der Waals surface area (Å²) in [7, 11) is 1.88. The van der Waals surface area contributed by atoms with Gasteiger partial charge < -0.3 is 10.1 Å². The molecule has 18 heavy (non-hydrogen) atoms. The van der Waals surface area contributed by atoms with Crippen molar-refractivity contribution >= 4 is 0 Å². The van der Waals surface area contributed by atoms with Gasteiger partial charge in [0.25, 0.3) is 0 Å². The molecule has 0 bridgehead atoms. The Kier molecular flexibility index (Phi) is 6.05. The monoisotopic (exact) mass is 257 g/mol. The highest BCUT2D eigenvalue weighted by molar-refractivity contribution is 5.30. The van der Waals surface area contributed by atoms with Crippen LogP contribution < -0.4 is 10.1 Å². The number of ether oxygens (including phenoxy) is 1. The van der Waals surface area contributed by atoms with Crippen LogP contribution in [0.25, 0.3) is 0 Å². The lowest BCUT2D eigenvalue weighted by Gasteiger charge is -2.20. The summed E-state index contributed by atoms with van der Waals surface area (Å²) in [4.78, 5) is 0. The van der Waals surface area contributed by atoms with Crippen molar-refractivity contribution in [1.29, 1.82) is 0 Å². The van der Waals surface area contributed by atoms with E-state index >= 15 is 0 Å². The smallest absolute Gasteiger partial charge is 0.387 e. The Morgan fingerprint density at radius 1 is 1.33 bits per heavy atom. The number of halogens is 2. The minimum Gasteiger partial charge on any atom is -0.435 e. The first-order valence-corrected chi connectivity index (χ1v) is 6.28. The second kappa shape index (κ2) is 7.31. The molecule has 2 atom stereocenters. The van der Waals surface area contributed by atoms with Gasteiger partial charge in [0.1, 0.15) is 5.75 Å². The maximum Gasteiger partial charge on any atom is 0.387 e. The molecule has 0 radical (unpaired) electrons. The molecule has 0 aromatic heterocycles. The zero-order chi connectivity index (χ0) is 13.5. The van der Waals surface area contributed by atoms with Gasteiger partial charge in [0.15, 0.2) is 0 Å². The van der Waals surface area contributed by atoms with Crippen LogP contribution in [-0.2, 0) is 0 Å². The Morgan fingerprint density at radius 2 is 2.06 bits per heavy atom. The third-order valence-electron chi connectivity index (χ3n) is 3.17. The summed E-state index contributed by atoms with van der Waals surface area (Å²) in [6.07, 6.45) is 2.08. The van der Waals surface area contributed by atoms with Crippen molar-refractivity contribution in [2.24, 2.45) is 5.92 Å². The van der Waals surface area contributed by atoms with Crippen molar-refractivity contribution in [1.82, 2.24) is 5.32 Å². The second-order valence-corrected chi connectivity index (χ2v) is 4.54. The topological polar surface area (TPSA) is 21.3 Å². The number of hydrogen-bond acceptors (Lipinski definition) is 2. The van der Waals surface area contributed by atoms with Crippen LogP contribution in [0.5, 0.6) is 5.75 Å². The van der Waals surface area contributed by atoms with Crippen LogP contribution in [0.15, 0.2) is 24.3 Å². The lowest BCUT2D eigenvalue weighted by molar-refractivity contribution is -0.0499. The van der Waals surface area contributed by atoms with Gasteiger partial charge in [-0.1, -0.05) is 32.4 Å². The Labute approximate surface area is 107 Å². The molecule has 0 saturated heterocycles. The molecule has 1 N–H and O–H groups in total. The predicted octanol–water partition coefficient (Wildman–Crippen LogP) is 3.98. The van der Waals surface area contributed by atoms with E-state index in [0.29, 0.717) is 5.92 Å². The summed E-state index contributed by atoms with van der Waals surface area (Å²) in [5.41, 5.74) is 0.982. The Morgan fingerprint density at radius 3 is 2.61 bits per heavy atom. The highest BCUT2D eigenvalue weighted by Gasteiger charge is 2.14. The fourth-order valence-corrected chi connectivity index (χ4v) is 1.90. The fourth-order valence-electron chi connectivity index (χ4n) is 1.90. The molecule has 2 nitrogen and oxygen atoms in total. The van der Waals surface area contributed by atoms with Crippen LogP contribution in [0.4, 0.5) is 8.78 Å². The third-order valence-corrected chi connectivity index (χ3v) is 3.17. The van der Waals surface area contributed by atoms with Gasteiger partial charge in [-0.15, -0.1) is 0 Å². The van der Waals surface area contributed by atoms with Crippen molar-refractivity contribution < 1.29 is 13.5 Å². The van der Waals surface area contributed by atoms with E-state index in [1.165, 1.54) is 0 Å². The maximum atomic E-state index is 12.2. The summed E-state index contributed by atoms with van der Waals surface area (Å²) in [5.74, 6) is 0.800. The number of benzene rings is 1. The van der Waals surface area contributed by atoms with Crippen molar-refractivity contribution in [3.63, 3.8) is 0 Å². The van der Waals surface area contributed by atoms with Crippen LogP contribution in [0.2, 0.25) is 0 Å².